The van der Waals surface area contributed by atoms with Gasteiger partial charge in [-0.05, 0) is 68.3 Å². The van der Waals surface area contributed by atoms with E-state index >= 15 is 0 Å². The first-order valence-corrected chi connectivity index (χ1v) is 8.74. The highest BCUT2D eigenvalue weighted by atomic mass is 16.3. The molecule has 0 heterocycles. The predicted octanol–water partition coefficient (Wildman–Crippen LogP) is 4.62. The van der Waals surface area contributed by atoms with E-state index in [0.29, 0.717) is 17.8 Å². The van der Waals surface area contributed by atoms with Crippen molar-refractivity contribution in [2.45, 2.75) is 84.3 Å². The van der Waals surface area contributed by atoms with Crippen LogP contribution in [0.1, 0.15) is 73.1 Å². The Balaban J connectivity index is 2.42. The molecule has 2 aliphatic rings. The molecule has 2 N–H and O–H groups in total. The van der Waals surface area contributed by atoms with Gasteiger partial charge in [0, 0.05) is 0 Å². The topological polar surface area (TPSA) is 40.5 Å². The van der Waals surface area contributed by atoms with Crippen molar-refractivity contribution in [2.75, 3.05) is 0 Å². The third-order valence-electron chi connectivity index (χ3n) is 6.50. The molecule has 0 radical (unpaired) electrons. The second-order valence-electron chi connectivity index (χ2n) is 9.01. The summed E-state index contributed by atoms with van der Waals surface area (Å²) in [6.07, 6.45) is 9.74. The summed E-state index contributed by atoms with van der Waals surface area (Å²) in [5.41, 5.74) is -0.150. The van der Waals surface area contributed by atoms with Gasteiger partial charge < -0.3 is 10.2 Å². The number of rotatable bonds is 3. The fourth-order valence-electron chi connectivity index (χ4n) is 5.17. The van der Waals surface area contributed by atoms with Crippen LogP contribution in [0.4, 0.5) is 0 Å². The fourth-order valence-corrected chi connectivity index (χ4v) is 5.17. The average Bonchev–Trinajstić information content (AvgIpc) is 2.35. The van der Waals surface area contributed by atoms with Gasteiger partial charge in [-0.3, -0.25) is 0 Å². The van der Waals surface area contributed by atoms with Crippen LogP contribution in [0, 0.1) is 16.7 Å². The van der Waals surface area contributed by atoms with Crippen molar-refractivity contribution in [3.63, 3.8) is 0 Å². The van der Waals surface area contributed by atoms with Gasteiger partial charge >= 0.3 is 0 Å². The van der Waals surface area contributed by atoms with Crippen LogP contribution in [0.2, 0.25) is 0 Å². The van der Waals surface area contributed by atoms with Crippen molar-refractivity contribution in [2.24, 2.45) is 16.7 Å². The lowest BCUT2D eigenvalue weighted by Crippen LogP contribution is -2.52. The molecule has 126 valence electrons. The molecule has 0 saturated heterocycles. The second kappa shape index (κ2) is 5.49. The zero-order valence-corrected chi connectivity index (χ0v) is 15.1. The zero-order chi connectivity index (χ0) is 16.8. The van der Waals surface area contributed by atoms with Crippen molar-refractivity contribution < 1.29 is 10.2 Å². The van der Waals surface area contributed by atoms with Gasteiger partial charge in [0.15, 0.2) is 0 Å². The van der Waals surface area contributed by atoms with Crippen molar-refractivity contribution in [3.05, 3.63) is 24.3 Å². The summed E-state index contributed by atoms with van der Waals surface area (Å²) >= 11 is 0. The quantitative estimate of drug-likeness (QED) is 0.747. The molecule has 2 fully saturated rings. The van der Waals surface area contributed by atoms with E-state index in [2.05, 4.69) is 33.4 Å². The Bertz CT molecular complexity index is 470. The largest absolute Gasteiger partial charge is 0.386 e. The maximum atomic E-state index is 11.0. The van der Waals surface area contributed by atoms with E-state index in [4.69, 9.17) is 0 Å². The summed E-state index contributed by atoms with van der Waals surface area (Å²) in [5, 5.41) is 21.3. The van der Waals surface area contributed by atoms with Gasteiger partial charge in [0.1, 0.15) is 0 Å². The molecule has 2 aliphatic carbocycles. The number of hydrogen-bond donors (Lipinski definition) is 2. The van der Waals surface area contributed by atoms with Gasteiger partial charge in [-0.2, -0.15) is 0 Å². The standard InChI is InChI=1S/C20H34O2/c1-7-18(4,21)13-9-16-19(5)12-8-11-17(2,3)15(19)10-14-20(16,6)22/h7,9,15,21-22H,1,8,10-14H2,2-6H3/b16-9-/t15-,18+,19-,20-/m0/s1. The van der Waals surface area contributed by atoms with Gasteiger partial charge in [0.05, 0.1) is 11.2 Å². The Kier molecular flexibility index (Phi) is 4.43. The first-order valence-electron chi connectivity index (χ1n) is 8.74. The van der Waals surface area contributed by atoms with Crippen LogP contribution in [-0.4, -0.2) is 21.4 Å². The van der Waals surface area contributed by atoms with Crippen LogP contribution >= 0.6 is 0 Å². The van der Waals surface area contributed by atoms with E-state index in [-0.39, 0.29) is 5.41 Å². The van der Waals surface area contributed by atoms with Crippen LogP contribution in [0.25, 0.3) is 0 Å². The lowest BCUT2D eigenvalue weighted by atomic mass is 9.47. The number of fused-ring (bicyclic) bond motifs is 1. The van der Waals surface area contributed by atoms with Gasteiger partial charge in [-0.25, -0.2) is 0 Å². The minimum atomic E-state index is -0.906. The highest BCUT2D eigenvalue weighted by Crippen LogP contribution is 2.61. The Labute approximate surface area is 136 Å². The summed E-state index contributed by atoms with van der Waals surface area (Å²) in [5.74, 6) is 0.605. The molecular formula is C20H34O2. The minimum Gasteiger partial charge on any atom is -0.386 e. The predicted molar refractivity (Wildman–Crippen MR) is 92.6 cm³/mol. The monoisotopic (exact) mass is 306 g/mol. The van der Waals surface area contributed by atoms with Crippen molar-refractivity contribution in [3.8, 4) is 0 Å². The molecule has 2 heteroatoms. The molecule has 4 atom stereocenters. The van der Waals surface area contributed by atoms with Crippen LogP contribution < -0.4 is 0 Å². The maximum absolute atomic E-state index is 11.0. The molecule has 0 aromatic carbocycles. The molecule has 2 nitrogen and oxygen atoms in total. The van der Waals surface area contributed by atoms with Gasteiger partial charge in [0.2, 0.25) is 0 Å². The Hall–Kier alpha value is -0.600. The van der Waals surface area contributed by atoms with Crippen LogP contribution in [0.5, 0.6) is 0 Å². The van der Waals surface area contributed by atoms with Crippen molar-refractivity contribution in [1.29, 1.82) is 0 Å². The second-order valence-corrected chi connectivity index (χ2v) is 9.01. The van der Waals surface area contributed by atoms with Crippen LogP contribution in [0.15, 0.2) is 24.3 Å². The third-order valence-corrected chi connectivity index (χ3v) is 6.50. The van der Waals surface area contributed by atoms with Crippen molar-refractivity contribution >= 4 is 0 Å². The molecule has 0 aromatic rings. The lowest BCUT2D eigenvalue weighted by Gasteiger charge is -2.58. The van der Waals surface area contributed by atoms with Crippen LogP contribution in [0.3, 0.4) is 0 Å². The van der Waals surface area contributed by atoms with E-state index in [1.54, 1.807) is 13.0 Å². The molecule has 22 heavy (non-hydrogen) atoms. The highest BCUT2D eigenvalue weighted by Gasteiger charge is 2.54. The summed E-state index contributed by atoms with van der Waals surface area (Å²) in [4.78, 5) is 0. The molecule has 0 unspecified atom stereocenters. The zero-order valence-electron chi connectivity index (χ0n) is 15.1. The average molecular weight is 306 g/mol. The molecule has 2 rings (SSSR count). The van der Waals surface area contributed by atoms with Crippen LogP contribution in [-0.2, 0) is 0 Å². The molecule has 0 aliphatic heterocycles. The molecule has 0 spiro atoms. The van der Waals surface area contributed by atoms with E-state index in [1.807, 2.05) is 6.92 Å². The minimum absolute atomic E-state index is 0.0424. The first-order chi connectivity index (χ1) is 9.95. The van der Waals surface area contributed by atoms with Gasteiger partial charge in [-0.1, -0.05) is 39.3 Å². The molecule has 0 aromatic heterocycles. The van der Waals surface area contributed by atoms with E-state index in [9.17, 15) is 10.2 Å². The number of hydrogen-bond acceptors (Lipinski definition) is 2. The third kappa shape index (κ3) is 3.05. The highest BCUT2D eigenvalue weighted by molar-refractivity contribution is 5.30. The first kappa shape index (κ1) is 17.7. The smallest absolute Gasteiger partial charge is 0.0834 e. The SMILES string of the molecule is C=C[C@@](C)(O)C/C=C1\[C@@](C)(O)CC[C@H]2C(C)(C)CCC[C@]12C. The summed E-state index contributed by atoms with van der Waals surface area (Å²) < 4.78 is 0. The Morgan fingerprint density at radius 2 is 1.86 bits per heavy atom. The fraction of sp³-hybridized carbons (Fsp3) is 0.800. The number of aliphatic hydroxyl groups is 2. The van der Waals surface area contributed by atoms with E-state index in [0.717, 1.165) is 24.8 Å². The molecule has 0 amide bonds. The van der Waals surface area contributed by atoms with E-state index < -0.39 is 11.2 Å². The maximum Gasteiger partial charge on any atom is 0.0834 e. The summed E-state index contributed by atoms with van der Waals surface area (Å²) in [6.45, 7) is 14.5. The van der Waals surface area contributed by atoms with Gasteiger partial charge in [0.25, 0.3) is 0 Å². The lowest BCUT2D eigenvalue weighted by molar-refractivity contribution is -0.0612. The Morgan fingerprint density at radius 1 is 1.23 bits per heavy atom. The summed E-state index contributed by atoms with van der Waals surface area (Å²) in [7, 11) is 0. The Morgan fingerprint density at radius 3 is 2.45 bits per heavy atom. The normalized spacial score (nSPS) is 42.5. The molecular weight excluding hydrogens is 272 g/mol. The molecule has 0 bridgehead atoms. The summed E-state index contributed by atoms with van der Waals surface area (Å²) in [6, 6.07) is 0. The van der Waals surface area contributed by atoms with Crippen molar-refractivity contribution in [1.82, 2.24) is 0 Å². The van der Waals surface area contributed by atoms with Gasteiger partial charge in [-0.15, -0.1) is 6.58 Å². The van der Waals surface area contributed by atoms with E-state index in [1.165, 1.54) is 12.8 Å². The molecule has 2 saturated carbocycles.